The van der Waals surface area contributed by atoms with Crippen LogP contribution < -0.4 is 10.6 Å². The molecule has 7 nitrogen and oxygen atoms in total. The molecule has 1 aromatic heterocycles. The lowest BCUT2D eigenvalue weighted by molar-refractivity contribution is 0.0387. The van der Waals surface area contributed by atoms with Gasteiger partial charge in [0, 0.05) is 39.1 Å². The molecule has 2 aromatic rings. The van der Waals surface area contributed by atoms with Crippen molar-refractivity contribution < 1.29 is 9.53 Å². The van der Waals surface area contributed by atoms with Gasteiger partial charge < -0.3 is 20.4 Å². The number of nitrogens with one attached hydrogen (secondary N) is 3. The Hall–Kier alpha value is -2.12. The summed E-state index contributed by atoms with van der Waals surface area (Å²) in [5.41, 5.74) is 1.98. The number of morpholine rings is 1. The number of benzene rings is 1. The molecule has 1 aliphatic rings. The van der Waals surface area contributed by atoms with E-state index in [0.717, 1.165) is 49.7 Å². The SMILES string of the molecule is O=C(NCCc1nc2ccccc2[nH]1)NCCN1CCOCC1. The van der Waals surface area contributed by atoms with Crippen LogP contribution in [0.15, 0.2) is 24.3 Å². The van der Waals surface area contributed by atoms with Crippen LogP contribution in [0.4, 0.5) is 4.79 Å². The number of para-hydroxylation sites is 2. The molecular weight excluding hydrogens is 294 g/mol. The fourth-order valence-electron chi connectivity index (χ4n) is 2.63. The van der Waals surface area contributed by atoms with E-state index in [1.807, 2.05) is 24.3 Å². The van der Waals surface area contributed by atoms with Crippen molar-refractivity contribution in [3.05, 3.63) is 30.1 Å². The number of nitrogens with zero attached hydrogens (tertiary/aromatic N) is 2. The number of imidazole rings is 1. The van der Waals surface area contributed by atoms with E-state index in [9.17, 15) is 4.79 Å². The summed E-state index contributed by atoms with van der Waals surface area (Å²) in [7, 11) is 0. The van der Waals surface area contributed by atoms with E-state index in [0.29, 0.717) is 19.5 Å². The normalized spacial score (nSPS) is 15.7. The van der Waals surface area contributed by atoms with E-state index in [1.165, 1.54) is 0 Å². The van der Waals surface area contributed by atoms with Crippen LogP contribution in [0.25, 0.3) is 11.0 Å². The zero-order valence-corrected chi connectivity index (χ0v) is 13.2. The van der Waals surface area contributed by atoms with Crippen LogP contribution in [-0.4, -0.2) is 66.8 Å². The van der Waals surface area contributed by atoms with Crippen molar-refractivity contribution in [2.45, 2.75) is 6.42 Å². The van der Waals surface area contributed by atoms with E-state index in [1.54, 1.807) is 0 Å². The Morgan fingerprint density at radius 1 is 1.22 bits per heavy atom. The Kier molecular flexibility index (Phi) is 5.44. The molecule has 0 unspecified atom stereocenters. The number of H-pyrrole nitrogens is 1. The van der Waals surface area contributed by atoms with Gasteiger partial charge in [0.2, 0.25) is 0 Å². The number of hydrogen-bond acceptors (Lipinski definition) is 4. The third-order valence-corrected chi connectivity index (χ3v) is 3.90. The van der Waals surface area contributed by atoms with Crippen molar-refractivity contribution in [2.75, 3.05) is 45.9 Å². The first-order valence-electron chi connectivity index (χ1n) is 8.07. The smallest absolute Gasteiger partial charge is 0.314 e. The average Bonchev–Trinajstić information content (AvgIpc) is 2.98. The van der Waals surface area contributed by atoms with Crippen LogP contribution in [0.2, 0.25) is 0 Å². The number of fused-ring (bicyclic) bond motifs is 1. The molecule has 3 rings (SSSR count). The number of hydrogen-bond donors (Lipinski definition) is 3. The molecule has 0 saturated carbocycles. The van der Waals surface area contributed by atoms with Gasteiger partial charge in [-0.05, 0) is 12.1 Å². The highest BCUT2D eigenvalue weighted by molar-refractivity contribution is 5.75. The van der Waals surface area contributed by atoms with Gasteiger partial charge in [0.1, 0.15) is 5.82 Å². The number of urea groups is 1. The molecular formula is C16H23N5O2. The van der Waals surface area contributed by atoms with Crippen LogP contribution in [0.1, 0.15) is 5.82 Å². The summed E-state index contributed by atoms with van der Waals surface area (Å²) in [5, 5.41) is 5.74. The molecule has 0 atom stereocenters. The van der Waals surface area contributed by atoms with Gasteiger partial charge in [-0.3, -0.25) is 4.90 Å². The minimum absolute atomic E-state index is 0.130. The van der Waals surface area contributed by atoms with Crippen molar-refractivity contribution in [3.8, 4) is 0 Å². The van der Waals surface area contributed by atoms with E-state index >= 15 is 0 Å². The van der Waals surface area contributed by atoms with Crippen LogP contribution in [-0.2, 0) is 11.2 Å². The predicted octanol–water partition coefficient (Wildman–Crippen LogP) is 0.737. The Balaban J connectivity index is 1.32. The molecule has 0 spiro atoms. The van der Waals surface area contributed by atoms with Gasteiger partial charge in [-0.1, -0.05) is 12.1 Å². The maximum absolute atomic E-state index is 11.8. The highest BCUT2D eigenvalue weighted by Crippen LogP contribution is 2.10. The first-order valence-corrected chi connectivity index (χ1v) is 8.07. The van der Waals surface area contributed by atoms with Crippen LogP contribution in [0, 0.1) is 0 Å². The second kappa shape index (κ2) is 7.94. The molecule has 1 fully saturated rings. The standard InChI is InChI=1S/C16H23N5O2/c22-16(18-7-8-21-9-11-23-12-10-21)17-6-5-15-19-13-3-1-2-4-14(13)20-15/h1-4H,5-12H2,(H,19,20)(H2,17,18,22). The van der Waals surface area contributed by atoms with Gasteiger partial charge in [-0.25, -0.2) is 9.78 Å². The molecule has 2 amide bonds. The summed E-state index contributed by atoms with van der Waals surface area (Å²) >= 11 is 0. The summed E-state index contributed by atoms with van der Waals surface area (Å²) in [6.45, 7) is 5.51. The number of rotatable bonds is 6. The van der Waals surface area contributed by atoms with Crippen LogP contribution in [0.3, 0.4) is 0 Å². The molecule has 1 saturated heterocycles. The molecule has 0 bridgehead atoms. The minimum Gasteiger partial charge on any atom is -0.379 e. The summed E-state index contributed by atoms with van der Waals surface area (Å²) < 4.78 is 5.29. The summed E-state index contributed by atoms with van der Waals surface area (Å²) in [5.74, 6) is 0.889. The molecule has 3 N–H and O–H groups in total. The first-order chi connectivity index (χ1) is 11.3. The van der Waals surface area contributed by atoms with Gasteiger partial charge in [-0.15, -0.1) is 0 Å². The highest BCUT2D eigenvalue weighted by atomic mass is 16.5. The zero-order chi connectivity index (χ0) is 15.9. The number of aromatic nitrogens is 2. The number of amides is 2. The summed E-state index contributed by atoms with van der Waals surface area (Å²) in [6.07, 6.45) is 0.686. The predicted molar refractivity (Wildman–Crippen MR) is 88.5 cm³/mol. The molecule has 1 aromatic carbocycles. The molecule has 23 heavy (non-hydrogen) atoms. The molecule has 0 radical (unpaired) electrons. The number of ether oxygens (including phenoxy) is 1. The second-order valence-corrected chi connectivity index (χ2v) is 5.59. The quantitative estimate of drug-likeness (QED) is 0.734. The van der Waals surface area contributed by atoms with Gasteiger partial charge in [0.05, 0.1) is 24.2 Å². The molecule has 0 aliphatic carbocycles. The topological polar surface area (TPSA) is 82.3 Å². The van der Waals surface area contributed by atoms with E-state index < -0.39 is 0 Å². The van der Waals surface area contributed by atoms with Crippen molar-refractivity contribution in [1.82, 2.24) is 25.5 Å². The van der Waals surface area contributed by atoms with Crippen LogP contribution in [0.5, 0.6) is 0 Å². The summed E-state index contributed by atoms with van der Waals surface area (Å²) in [4.78, 5) is 21.8. The third kappa shape index (κ3) is 4.67. The Labute approximate surface area is 135 Å². The Morgan fingerprint density at radius 3 is 2.83 bits per heavy atom. The number of aromatic amines is 1. The molecule has 7 heteroatoms. The lowest BCUT2D eigenvalue weighted by atomic mass is 10.3. The average molecular weight is 317 g/mol. The van der Waals surface area contributed by atoms with E-state index in [4.69, 9.17) is 4.74 Å². The van der Waals surface area contributed by atoms with Crippen LogP contribution >= 0.6 is 0 Å². The lowest BCUT2D eigenvalue weighted by Gasteiger charge is -2.26. The van der Waals surface area contributed by atoms with Crippen molar-refractivity contribution >= 4 is 17.1 Å². The van der Waals surface area contributed by atoms with Crippen molar-refractivity contribution in [1.29, 1.82) is 0 Å². The molecule has 124 valence electrons. The fraction of sp³-hybridized carbons (Fsp3) is 0.500. The van der Waals surface area contributed by atoms with Crippen molar-refractivity contribution in [3.63, 3.8) is 0 Å². The summed E-state index contributed by atoms with van der Waals surface area (Å²) in [6, 6.07) is 7.78. The maximum atomic E-state index is 11.8. The lowest BCUT2D eigenvalue weighted by Crippen LogP contribution is -2.44. The number of carbonyl (C=O) groups excluding carboxylic acids is 1. The largest absolute Gasteiger partial charge is 0.379 e. The van der Waals surface area contributed by atoms with Crippen molar-refractivity contribution in [2.24, 2.45) is 0 Å². The highest BCUT2D eigenvalue weighted by Gasteiger charge is 2.10. The van der Waals surface area contributed by atoms with Gasteiger partial charge in [0.15, 0.2) is 0 Å². The van der Waals surface area contributed by atoms with E-state index in [2.05, 4.69) is 25.5 Å². The third-order valence-electron chi connectivity index (χ3n) is 3.90. The maximum Gasteiger partial charge on any atom is 0.314 e. The second-order valence-electron chi connectivity index (χ2n) is 5.59. The first kappa shape index (κ1) is 15.8. The van der Waals surface area contributed by atoms with Gasteiger partial charge in [0.25, 0.3) is 0 Å². The Morgan fingerprint density at radius 2 is 2.00 bits per heavy atom. The van der Waals surface area contributed by atoms with Gasteiger partial charge >= 0.3 is 6.03 Å². The molecule has 1 aliphatic heterocycles. The monoisotopic (exact) mass is 317 g/mol. The number of carbonyl (C=O) groups is 1. The Bertz CT molecular complexity index is 603. The molecule has 2 heterocycles. The van der Waals surface area contributed by atoms with Gasteiger partial charge in [-0.2, -0.15) is 0 Å². The fourth-order valence-corrected chi connectivity index (χ4v) is 2.63. The van der Waals surface area contributed by atoms with E-state index in [-0.39, 0.29) is 6.03 Å². The zero-order valence-electron chi connectivity index (χ0n) is 13.2. The minimum atomic E-state index is -0.130.